The zero-order chi connectivity index (χ0) is 16.4. The highest BCUT2D eigenvalue weighted by Gasteiger charge is 2.35. The van der Waals surface area contributed by atoms with Crippen LogP contribution in [0.1, 0.15) is 19.8 Å². The molecular weight excluding hydrogens is 294 g/mol. The second-order valence-corrected chi connectivity index (χ2v) is 6.09. The molecule has 0 saturated carbocycles. The monoisotopic (exact) mass is 317 g/mol. The molecule has 2 heterocycles. The van der Waals surface area contributed by atoms with Crippen LogP contribution in [0.2, 0.25) is 0 Å². The van der Waals surface area contributed by atoms with Crippen molar-refractivity contribution >= 4 is 17.5 Å². The van der Waals surface area contributed by atoms with Crippen LogP contribution in [0.25, 0.3) is 0 Å². The molecule has 0 aliphatic carbocycles. The molecule has 124 valence electrons. The third-order valence-electron chi connectivity index (χ3n) is 4.50. The Balaban J connectivity index is 1.78. The first-order chi connectivity index (χ1) is 11.1. The predicted octanol–water partition coefficient (Wildman–Crippen LogP) is 1.01. The van der Waals surface area contributed by atoms with Crippen LogP contribution in [0.5, 0.6) is 5.75 Å². The molecule has 3 rings (SSSR count). The van der Waals surface area contributed by atoms with Gasteiger partial charge in [-0.25, -0.2) is 0 Å². The number of ether oxygens (including phenoxy) is 1. The summed E-state index contributed by atoms with van der Waals surface area (Å²) >= 11 is 0. The number of fused-ring (bicyclic) bond motifs is 1. The largest absolute Gasteiger partial charge is 0.479 e. The summed E-state index contributed by atoms with van der Waals surface area (Å²) in [6.45, 7) is 3.34. The first-order valence-electron chi connectivity index (χ1n) is 8.13. The predicted molar refractivity (Wildman–Crippen MR) is 87.5 cm³/mol. The molecule has 1 fully saturated rings. The van der Waals surface area contributed by atoms with E-state index in [1.54, 1.807) is 11.8 Å². The highest BCUT2D eigenvalue weighted by Crippen LogP contribution is 2.33. The van der Waals surface area contributed by atoms with Crippen molar-refractivity contribution in [2.75, 3.05) is 31.6 Å². The standard InChI is InChI=1S/C17H23N3O3/c1-12-17(22)20(14-7-3-4-8-15(14)23-12)11-16(21)19-9-5-6-13(19)10-18-2/h3-4,7-8,12-13,18H,5-6,9-11H2,1-2H3. The number of para-hydroxylation sites is 2. The molecule has 0 radical (unpaired) electrons. The summed E-state index contributed by atoms with van der Waals surface area (Å²) in [5.41, 5.74) is 0.674. The lowest BCUT2D eigenvalue weighted by Crippen LogP contribution is -2.51. The zero-order valence-electron chi connectivity index (χ0n) is 13.6. The van der Waals surface area contributed by atoms with Crippen LogP contribution in [0.3, 0.4) is 0 Å². The molecule has 6 heteroatoms. The average molecular weight is 317 g/mol. The molecule has 2 aliphatic rings. The highest BCUT2D eigenvalue weighted by molar-refractivity contribution is 6.03. The Morgan fingerprint density at radius 2 is 2.17 bits per heavy atom. The first kappa shape index (κ1) is 15.8. The third kappa shape index (κ3) is 3.03. The van der Waals surface area contributed by atoms with E-state index in [0.29, 0.717) is 11.4 Å². The topological polar surface area (TPSA) is 61.9 Å². The lowest BCUT2D eigenvalue weighted by molar-refractivity contribution is -0.133. The van der Waals surface area contributed by atoms with Crippen LogP contribution >= 0.6 is 0 Å². The second-order valence-electron chi connectivity index (χ2n) is 6.09. The van der Waals surface area contributed by atoms with Gasteiger partial charge in [-0.05, 0) is 38.9 Å². The van der Waals surface area contributed by atoms with E-state index in [1.165, 1.54) is 0 Å². The molecule has 1 aromatic carbocycles. The zero-order valence-corrected chi connectivity index (χ0v) is 13.6. The fourth-order valence-corrected chi connectivity index (χ4v) is 3.36. The van der Waals surface area contributed by atoms with Gasteiger partial charge < -0.3 is 15.0 Å². The molecule has 0 aromatic heterocycles. The van der Waals surface area contributed by atoms with Crippen LogP contribution in [0.15, 0.2) is 24.3 Å². The fraction of sp³-hybridized carbons (Fsp3) is 0.529. The number of amides is 2. The maximum atomic E-state index is 12.7. The summed E-state index contributed by atoms with van der Waals surface area (Å²) in [4.78, 5) is 28.6. The molecule has 2 atom stereocenters. The van der Waals surface area contributed by atoms with Gasteiger partial charge in [-0.15, -0.1) is 0 Å². The van der Waals surface area contributed by atoms with Gasteiger partial charge in [0.1, 0.15) is 12.3 Å². The minimum atomic E-state index is -0.565. The number of carbonyl (C=O) groups excluding carboxylic acids is 2. The number of likely N-dealkylation sites (N-methyl/N-ethyl adjacent to an activating group) is 1. The normalized spacial score (nSPS) is 23.7. The van der Waals surface area contributed by atoms with Gasteiger partial charge in [-0.1, -0.05) is 12.1 Å². The van der Waals surface area contributed by atoms with Crippen molar-refractivity contribution in [3.63, 3.8) is 0 Å². The molecule has 23 heavy (non-hydrogen) atoms. The van der Waals surface area contributed by atoms with E-state index in [1.807, 2.05) is 36.2 Å². The Morgan fingerprint density at radius 3 is 2.96 bits per heavy atom. The van der Waals surface area contributed by atoms with E-state index in [-0.39, 0.29) is 24.4 Å². The van der Waals surface area contributed by atoms with Crippen LogP contribution in [0.4, 0.5) is 5.69 Å². The summed E-state index contributed by atoms with van der Waals surface area (Å²) in [6, 6.07) is 7.58. The van der Waals surface area contributed by atoms with Crippen LogP contribution in [0, 0.1) is 0 Å². The Kier molecular flexibility index (Phi) is 4.52. The minimum absolute atomic E-state index is 0.00000283. The summed E-state index contributed by atoms with van der Waals surface area (Å²) < 4.78 is 5.61. The van der Waals surface area contributed by atoms with Crippen LogP contribution in [-0.2, 0) is 9.59 Å². The van der Waals surface area contributed by atoms with E-state index in [4.69, 9.17) is 4.74 Å². The molecule has 2 unspecified atom stereocenters. The average Bonchev–Trinajstić information content (AvgIpc) is 3.00. The Morgan fingerprint density at radius 1 is 1.39 bits per heavy atom. The van der Waals surface area contributed by atoms with Gasteiger partial charge in [0.05, 0.1) is 5.69 Å². The molecule has 1 saturated heterocycles. The van der Waals surface area contributed by atoms with E-state index >= 15 is 0 Å². The van der Waals surface area contributed by atoms with Crippen molar-refractivity contribution < 1.29 is 14.3 Å². The SMILES string of the molecule is CNCC1CCCN1C(=O)CN1C(=O)C(C)Oc2ccccc21. The number of nitrogens with zero attached hydrogens (tertiary/aromatic N) is 2. The summed E-state index contributed by atoms with van der Waals surface area (Å²) in [5, 5.41) is 3.14. The van der Waals surface area contributed by atoms with Gasteiger partial charge in [-0.2, -0.15) is 0 Å². The van der Waals surface area contributed by atoms with Gasteiger partial charge in [-0.3, -0.25) is 14.5 Å². The fourth-order valence-electron chi connectivity index (χ4n) is 3.36. The maximum Gasteiger partial charge on any atom is 0.268 e. The number of anilines is 1. The molecule has 1 aromatic rings. The van der Waals surface area contributed by atoms with E-state index in [9.17, 15) is 9.59 Å². The van der Waals surface area contributed by atoms with Gasteiger partial charge >= 0.3 is 0 Å². The summed E-state index contributed by atoms with van der Waals surface area (Å²) in [6.07, 6.45) is 1.46. The molecular formula is C17H23N3O3. The quantitative estimate of drug-likeness (QED) is 0.900. The van der Waals surface area contributed by atoms with Crippen molar-refractivity contribution in [1.82, 2.24) is 10.2 Å². The van der Waals surface area contributed by atoms with Gasteiger partial charge in [0.25, 0.3) is 5.91 Å². The highest BCUT2D eigenvalue weighted by atomic mass is 16.5. The van der Waals surface area contributed by atoms with Crippen molar-refractivity contribution in [3.8, 4) is 5.75 Å². The second kappa shape index (κ2) is 6.58. The first-order valence-corrected chi connectivity index (χ1v) is 8.13. The van der Waals surface area contributed by atoms with Gasteiger partial charge in [0.15, 0.2) is 6.10 Å². The molecule has 1 N–H and O–H groups in total. The van der Waals surface area contributed by atoms with E-state index in [0.717, 1.165) is 25.9 Å². The summed E-state index contributed by atoms with van der Waals surface area (Å²) in [5.74, 6) is 0.488. The van der Waals surface area contributed by atoms with Gasteiger partial charge in [0, 0.05) is 19.1 Å². The number of likely N-dealkylation sites (tertiary alicyclic amines) is 1. The summed E-state index contributed by atoms with van der Waals surface area (Å²) in [7, 11) is 1.89. The maximum absolute atomic E-state index is 12.7. The van der Waals surface area contributed by atoms with Gasteiger partial charge in [0.2, 0.25) is 5.91 Å². The third-order valence-corrected chi connectivity index (χ3v) is 4.50. The number of benzene rings is 1. The Hall–Kier alpha value is -2.08. The molecule has 6 nitrogen and oxygen atoms in total. The minimum Gasteiger partial charge on any atom is -0.479 e. The number of nitrogens with one attached hydrogen (secondary N) is 1. The smallest absolute Gasteiger partial charge is 0.268 e. The number of rotatable bonds is 4. The molecule has 0 spiro atoms. The lowest BCUT2D eigenvalue weighted by Gasteiger charge is -2.34. The van der Waals surface area contributed by atoms with Crippen molar-refractivity contribution in [3.05, 3.63) is 24.3 Å². The number of hydrogen-bond acceptors (Lipinski definition) is 4. The molecule has 0 bridgehead atoms. The Bertz CT molecular complexity index is 605. The molecule has 2 aliphatic heterocycles. The van der Waals surface area contributed by atoms with Crippen LogP contribution in [-0.4, -0.2) is 55.5 Å². The van der Waals surface area contributed by atoms with E-state index < -0.39 is 6.10 Å². The van der Waals surface area contributed by atoms with Crippen molar-refractivity contribution in [1.29, 1.82) is 0 Å². The van der Waals surface area contributed by atoms with E-state index in [2.05, 4.69) is 5.32 Å². The van der Waals surface area contributed by atoms with Crippen molar-refractivity contribution in [2.45, 2.75) is 31.9 Å². The lowest BCUT2D eigenvalue weighted by atomic mass is 10.1. The molecule has 2 amide bonds. The number of hydrogen-bond donors (Lipinski definition) is 1. The van der Waals surface area contributed by atoms with Crippen molar-refractivity contribution in [2.24, 2.45) is 0 Å². The number of carbonyl (C=O) groups is 2. The van der Waals surface area contributed by atoms with Crippen LogP contribution < -0.4 is 15.0 Å². The Labute approximate surface area is 136 Å².